The Bertz CT molecular complexity index is 526. The standard InChI is InChI=1S/C9H16N4O4S2/c1-7(2)19(15,16)5-4-18-9-10-11-12-13(9)6-8(14)17-3/h7H,4-6H2,1-3H3. The molecule has 0 bridgehead atoms. The van der Waals surface area contributed by atoms with Crippen LogP contribution in [-0.4, -0.2) is 58.5 Å². The van der Waals surface area contributed by atoms with E-state index in [0.717, 1.165) is 0 Å². The molecule has 0 fully saturated rings. The van der Waals surface area contributed by atoms with Crippen LogP contribution in [0.4, 0.5) is 0 Å². The summed E-state index contributed by atoms with van der Waals surface area (Å²) in [6.45, 7) is 3.19. The third kappa shape index (κ3) is 4.78. The quantitative estimate of drug-likeness (QED) is 0.502. The maximum Gasteiger partial charge on any atom is 0.327 e. The minimum absolute atomic E-state index is 0.0421. The van der Waals surface area contributed by atoms with Crippen LogP contribution in [0.5, 0.6) is 0 Å². The number of thioether (sulfide) groups is 1. The highest BCUT2D eigenvalue weighted by molar-refractivity contribution is 8.00. The number of hydrogen-bond acceptors (Lipinski definition) is 8. The summed E-state index contributed by atoms with van der Waals surface area (Å²) in [6, 6.07) is 0. The van der Waals surface area contributed by atoms with Crippen molar-refractivity contribution < 1.29 is 17.9 Å². The molecule has 0 amide bonds. The van der Waals surface area contributed by atoms with Crippen molar-refractivity contribution in [3.8, 4) is 0 Å². The number of rotatable bonds is 7. The summed E-state index contributed by atoms with van der Waals surface area (Å²) in [5.41, 5.74) is 0. The van der Waals surface area contributed by atoms with Crippen LogP contribution in [0, 0.1) is 0 Å². The van der Waals surface area contributed by atoms with Crippen molar-refractivity contribution in [3.05, 3.63) is 0 Å². The average Bonchev–Trinajstić information content (AvgIpc) is 2.76. The number of carbonyl (C=O) groups is 1. The summed E-state index contributed by atoms with van der Waals surface area (Å²) in [4.78, 5) is 11.1. The molecule has 0 saturated heterocycles. The van der Waals surface area contributed by atoms with Crippen molar-refractivity contribution in [3.63, 3.8) is 0 Å². The first-order chi connectivity index (χ1) is 8.86. The molecule has 10 heteroatoms. The Morgan fingerprint density at radius 2 is 2.16 bits per heavy atom. The minimum atomic E-state index is -3.08. The van der Waals surface area contributed by atoms with E-state index in [1.165, 1.54) is 23.6 Å². The van der Waals surface area contributed by atoms with Gasteiger partial charge in [0.15, 0.2) is 9.84 Å². The zero-order valence-electron chi connectivity index (χ0n) is 10.9. The number of carbonyl (C=O) groups excluding carboxylic acids is 1. The molecule has 0 spiro atoms. The van der Waals surface area contributed by atoms with Crippen LogP contribution < -0.4 is 0 Å². The first kappa shape index (κ1) is 15.9. The number of nitrogens with zero attached hydrogens (tertiary/aromatic N) is 4. The second-order valence-electron chi connectivity index (χ2n) is 3.96. The minimum Gasteiger partial charge on any atom is -0.468 e. The van der Waals surface area contributed by atoms with Gasteiger partial charge in [-0.15, -0.1) is 5.10 Å². The molecule has 1 heterocycles. The van der Waals surface area contributed by atoms with E-state index in [1.54, 1.807) is 13.8 Å². The highest BCUT2D eigenvalue weighted by Gasteiger charge is 2.17. The molecule has 1 aromatic rings. The third-order valence-electron chi connectivity index (χ3n) is 2.32. The predicted octanol–water partition coefficient (Wildman–Crippen LogP) is -0.239. The van der Waals surface area contributed by atoms with Gasteiger partial charge in [-0.05, 0) is 24.3 Å². The van der Waals surface area contributed by atoms with Crippen LogP contribution in [0.2, 0.25) is 0 Å². The van der Waals surface area contributed by atoms with Gasteiger partial charge in [-0.3, -0.25) is 4.79 Å². The number of hydrogen-bond donors (Lipinski definition) is 0. The van der Waals surface area contributed by atoms with E-state index in [1.807, 2.05) is 0 Å². The molecule has 19 heavy (non-hydrogen) atoms. The fourth-order valence-corrected chi connectivity index (χ4v) is 3.33. The molecule has 0 unspecified atom stereocenters. The van der Waals surface area contributed by atoms with Crippen LogP contribution >= 0.6 is 11.8 Å². The van der Waals surface area contributed by atoms with E-state index in [4.69, 9.17) is 0 Å². The second-order valence-corrected chi connectivity index (χ2v) is 7.70. The van der Waals surface area contributed by atoms with Crippen LogP contribution in [-0.2, 0) is 25.9 Å². The number of aromatic nitrogens is 4. The van der Waals surface area contributed by atoms with Crippen molar-refractivity contribution in [2.45, 2.75) is 30.8 Å². The van der Waals surface area contributed by atoms with E-state index < -0.39 is 21.1 Å². The Hall–Kier alpha value is -1.16. The Balaban J connectivity index is 2.55. The van der Waals surface area contributed by atoms with Gasteiger partial charge in [0.1, 0.15) is 6.54 Å². The predicted molar refractivity (Wildman–Crippen MR) is 69.5 cm³/mol. The van der Waals surface area contributed by atoms with Gasteiger partial charge in [-0.25, -0.2) is 13.1 Å². The van der Waals surface area contributed by atoms with Crippen LogP contribution in [0.1, 0.15) is 13.8 Å². The van der Waals surface area contributed by atoms with Crippen LogP contribution in [0.15, 0.2) is 5.16 Å². The second kappa shape index (κ2) is 6.85. The Morgan fingerprint density at radius 1 is 1.47 bits per heavy atom. The van der Waals surface area contributed by atoms with E-state index in [2.05, 4.69) is 20.3 Å². The van der Waals surface area contributed by atoms with Crippen LogP contribution in [0.25, 0.3) is 0 Å². The van der Waals surface area contributed by atoms with E-state index >= 15 is 0 Å². The third-order valence-corrected chi connectivity index (χ3v) is 5.75. The van der Waals surface area contributed by atoms with Gasteiger partial charge >= 0.3 is 5.97 Å². The Morgan fingerprint density at radius 3 is 2.74 bits per heavy atom. The zero-order valence-corrected chi connectivity index (χ0v) is 12.6. The van der Waals surface area contributed by atoms with Gasteiger partial charge in [0.25, 0.3) is 0 Å². The molecule has 0 atom stereocenters. The molecule has 0 N–H and O–H groups in total. The lowest BCUT2D eigenvalue weighted by molar-refractivity contribution is -0.141. The summed E-state index contributed by atoms with van der Waals surface area (Å²) in [5, 5.41) is 10.8. The van der Waals surface area contributed by atoms with Crippen molar-refractivity contribution in [2.75, 3.05) is 18.6 Å². The van der Waals surface area contributed by atoms with Crippen molar-refractivity contribution in [1.82, 2.24) is 20.2 Å². The molecular formula is C9H16N4O4S2. The molecule has 0 aromatic carbocycles. The lowest BCUT2D eigenvalue weighted by Gasteiger charge is -2.06. The fraction of sp³-hybridized carbons (Fsp3) is 0.778. The molecule has 1 rings (SSSR count). The average molecular weight is 308 g/mol. The van der Waals surface area contributed by atoms with Gasteiger partial charge in [-0.2, -0.15) is 0 Å². The summed E-state index contributed by atoms with van der Waals surface area (Å²) in [5.74, 6) is -0.0911. The topological polar surface area (TPSA) is 104 Å². The molecule has 8 nitrogen and oxygen atoms in total. The number of sulfone groups is 1. The van der Waals surface area contributed by atoms with Gasteiger partial charge in [0.05, 0.1) is 18.1 Å². The van der Waals surface area contributed by atoms with Gasteiger partial charge in [0, 0.05) is 5.75 Å². The van der Waals surface area contributed by atoms with E-state index in [0.29, 0.717) is 10.9 Å². The summed E-state index contributed by atoms with van der Waals surface area (Å²) in [6.07, 6.45) is 0. The first-order valence-corrected chi connectivity index (χ1v) is 8.24. The molecule has 108 valence electrons. The highest BCUT2D eigenvalue weighted by atomic mass is 32.2. The van der Waals surface area contributed by atoms with Crippen molar-refractivity contribution in [1.29, 1.82) is 0 Å². The normalized spacial score (nSPS) is 11.8. The van der Waals surface area contributed by atoms with Gasteiger partial charge < -0.3 is 4.74 Å². The zero-order chi connectivity index (χ0) is 14.5. The Kier molecular flexibility index (Phi) is 5.73. The van der Waals surface area contributed by atoms with Crippen molar-refractivity contribution in [2.24, 2.45) is 0 Å². The Labute approximate surface area is 115 Å². The number of methoxy groups -OCH3 is 1. The highest BCUT2D eigenvalue weighted by Crippen LogP contribution is 2.15. The largest absolute Gasteiger partial charge is 0.468 e. The summed E-state index contributed by atoms with van der Waals surface area (Å²) < 4.78 is 29.0. The molecular weight excluding hydrogens is 292 g/mol. The molecule has 0 aliphatic carbocycles. The maximum absolute atomic E-state index is 11.6. The van der Waals surface area contributed by atoms with Gasteiger partial charge in [0.2, 0.25) is 5.16 Å². The fourth-order valence-electron chi connectivity index (χ4n) is 1.07. The number of esters is 1. The molecule has 0 aliphatic heterocycles. The van der Waals surface area contributed by atoms with Crippen molar-refractivity contribution >= 4 is 27.6 Å². The first-order valence-electron chi connectivity index (χ1n) is 5.54. The van der Waals surface area contributed by atoms with Crippen LogP contribution in [0.3, 0.4) is 0 Å². The van der Waals surface area contributed by atoms with Gasteiger partial charge in [-0.1, -0.05) is 11.8 Å². The SMILES string of the molecule is COC(=O)Cn1nnnc1SCCS(=O)(=O)C(C)C. The molecule has 0 saturated carbocycles. The lowest BCUT2D eigenvalue weighted by atomic mass is 10.6. The van der Waals surface area contributed by atoms with E-state index in [-0.39, 0.29) is 12.3 Å². The lowest BCUT2D eigenvalue weighted by Crippen LogP contribution is -2.19. The summed E-state index contributed by atoms with van der Waals surface area (Å²) in [7, 11) is -1.81. The van der Waals surface area contributed by atoms with E-state index in [9.17, 15) is 13.2 Å². The smallest absolute Gasteiger partial charge is 0.327 e. The number of tetrazole rings is 1. The molecule has 0 aliphatic rings. The monoisotopic (exact) mass is 308 g/mol. The molecule has 0 radical (unpaired) electrons. The number of ether oxygens (including phenoxy) is 1. The summed E-state index contributed by atoms with van der Waals surface area (Å²) >= 11 is 1.19. The molecule has 1 aromatic heterocycles. The maximum atomic E-state index is 11.6.